The minimum atomic E-state index is -3.71. The van der Waals surface area contributed by atoms with Gasteiger partial charge in [0.05, 0.1) is 0 Å². The first-order valence-electron chi connectivity index (χ1n) is 5.70. The summed E-state index contributed by atoms with van der Waals surface area (Å²) in [5.41, 5.74) is 0. The fourth-order valence-electron chi connectivity index (χ4n) is 1.73. The highest BCUT2D eigenvalue weighted by Gasteiger charge is 2.38. The van der Waals surface area contributed by atoms with Crippen LogP contribution in [-0.2, 0) is 18.8 Å². The van der Waals surface area contributed by atoms with E-state index in [0.29, 0.717) is 0 Å². The second kappa shape index (κ2) is 5.82. The molecule has 5 heteroatoms. The highest BCUT2D eigenvalue weighted by Crippen LogP contribution is 2.27. The van der Waals surface area contributed by atoms with Crippen LogP contribution in [0.1, 0.15) is 52.4 Å². The lowest BCUT2D eigenvalue weighted by atomic mass is 10.0. The molecular formula is C10H20O4S. The van der Waals surface area contributed by atoms with Gasteiger partial charge < -0.3 is 0 Å². The number of hydrogen-bond acceptors (Lipinski definition) is 4. The Hall–Kier alpha value is -0.130. The summed E-state index contributed by atoms with van der Waals surface area (Å²) in [6.45, 7) is 4.15. The summed E-state index contributed by atoms with van der Waals surface area (Å²) in [5, 5.41) is 0. The Bertz CT molecular complexity index is 251. The lowest BCUT2D eigenvalue weighted by Crippen LogP contribution is -2.22. The fraction of sp³-hybridized carbons (Fsp3) is 1.00. The van der Waals surface area contributed by atoms with Crippen molar-refractivity contribution >= 4 is 10.4 Å². The largest absolute Gasteiger partial charge is 0.400 e. The molecule has 0 bridgehead atoms. The molecule has 1 rings (SSSR count). The van der Waals surface area contributed by atoms with E-state index in [2.05, 4.69) is 13.8 Å². The molecule has 1 aliphatic rings. The maximum atomic E-state index is 11.1. The van der Waals surface area contributed by atoms with Crippen LogP contribution < -0.4 is 0 Å². The predicted molar refractivity (Wildman–Crippen MR) is 57.7 cm³/mol. The van der Waals surface area contributed by atoms with Gasteiger partial charge in [0.25, 0.3) is 0 Å². The van der Waals surface area contributed by atoms with Gasteiger partial charge >= 0.3 is 10.4 Å². The van der Waals surface area contributed by atoms with Crippen LogP contribution in [0.5, 0.6) is 0 Å². The normalized spacial score (nSPS) is 29.5. The van der Waals surface area contributed by atoms with Crippen molar-refractivity contribution in [3.8, 4) is 0 Å². The molecule has 0 aliphatic carbocycles. The molecule has 2 atom stereocenters. The molecule has 90 valence electrons. The highest BCUT2D eigenvalue weighted by molar-refractivity contribution is 7.82. The monoisotopic (exact) mass is 236 g/mol. The third-order valence-corrected chi connectivity index (χ3v) is 3.55. The fourth-order valence-corrected chi connectivity index (χ4v) is 2.82. The van der Waals surface area contributed by atoms with Gasteiger partial charge in [-0.15, -0.1) is 0 Å². The predicted octanol–water partition coefficient (Wildman–Crippen LogP) is 2.40. The Morgan fingerprint density at radius 1 is 0.933 bits per heavy atom. The molecule has 1 heterocycles. The van der Waals surface area contributed by atoms with Crippen molar-refractivity contribution in [3.63, 3.8) is 0 Å². The second-order valence-electron chi connectivity index (χ2n) is 3.96. The smallest absolute Gasteiger partial charge is 0.242 e. The van der Waals surface area contributed by atoms with Crippen LogP contribution in [0.25, 0.3) is 0 Å². The van der Waals surface area contributed by atoms with Crippen LogP contribution in [0.4, 0.5) is 0 Å². The van der Waals surface area contributed by atoms with E-state index in [4.69, 9.17) is 8.37 Å². The Kier molecular flexibility index (Phi) is 5.02. The molecule has 0 aromatic rings. The molecular weight excluding hydrogens is 216 g/mol. The molecule has 1 aliphatic heterocycles. The first-order valence-corrected chi connectivity index (χ1v) is 7.04. The molecule has 0 spiro atoms. The van der Waals surface area contributed by atoms with Crippen molar-refractivity contribution in [1.82, 2.24) is 0 Å². The molecule has 15 heavy (non-hydrogen) atoms. The molecule has 0 radical (unpaired) electrons. The van der Waals surface area contributed by atoms with Gasteiger partial charge in [-0.05, 0) is 12.8 Å². The van der Waals surface area contributed by atoms with Crippen molar-refractivity contribution in [1.29, 1.82) is 0 Å². The van der Waals surface area contributed by atoms with Crippen LogP contribution >= 0.6 is 0 Å². The summed E-state index contributed by atoms with van der Waals surface area (Å²) in [7, 11) is -3.71. The molecule has 0 N–H and O–H groups in total. The van der Waals surface area contributed by atoms with Crippen LogP contribution in [0.2, 0.25) is 0 Å². The first-order chi connectivity index (χ1) is 7.09. The van der Waals surface area contributed by atoms with Crippen LogP contribution in [-0.4, -0.2) is 20.6 Å². The van der Waals surface area contributed by atoms with E-state index in [0.717, 1.165) is 38.5 Å². The van der Waals surface area contributed by atoms with Crippen LogP contribution in [0, 0.1) is 0 Å². The Morgan fingerprint density at radius 2 is 1.33 bits per heavy atom. The van der Waals surface area contributed by atoms with Crippen molar-refractivity contribution in [2.45, 2.75) is 64.6 Å². The van der Waals surface area contributed by atoms with Crippen molar-refractivity contribution in [3.05, 3.63) is 0 Å². The van der Waals surface area contributed by atoms with E-state index < -0.39 is 10.4 Å². The first kappa shape index (κ1) is 12.9. The maximum Gasteiger partial charge on any atom is 0.400 e. The van der Waals surface area contributed by atoms with E-state index >= 15 is 0 Å². The topological polar surface area (TPSA) is 52.6 Å². The van der Waals surface area contributed by atoms with Crippen molar-refractivity contribution in [2.75, 3.05) is 0 Å². The SMILES string of the molecule is CCCCC1OS(=O)(=O)OC1CCCC. The zero-order valence-corrected chi connectivity index (χ0v) is 10.3. The van der Waals surface area contributed by atoms with Gasteiger partial charge in [-0.2, -0.15) is 8.42 Å². The highest BCUT2D eigenvalue weighted by atomic mass is 32.3. The molecule has 0 saturated carbocycles. The molecule has 4 nitrogen and oxygen atoms in total. The molecule has 0 amide bonds. The van der Waals surface area contributed by atoms with Gasteiger partial charge in [0, 0.05) is 0 Å². The van der Waals surface area contributed by atoms with Gasteiger partial charge in [0.2, 0.25) is 0 Å². The number of unbranched alkanes of at least 4 members (excludes halogenated alkanes) is 2. The van der Waals surface area contributed by atoms with Crippen LogP contribution in [0.15, 0.2) is 0 Å². The minimum absolute atomic E-state index is 0.263. The molecule has 2 unspecified atom stereocenters. The van der Waals surface area contributed by atoms with E-state index in [9.17, 15) is 8.42 Å². The lowest BCUT2D eigenvalue weighted by molar-refractivity contribution is 0.134. The summed E-state index contributed by atoms with van der Waals surface area (Å²) < 4.78 is 32.1. The average Bonchev–Trinajstić information content (AvgIpc) is 2.47. The van der Waals surface area contributed by atoms with Gasteiger partial charge in [0.15, 0.2) is 0 Å². The number of rotatable bonds is 6. The molecule has 1 saturated heterocycles. The van der Waals surface area contributed by atoms with Gasteiger partial charge in [-0.25, -0.2) is 8.37 Å². The molecule has 0 aromatic heterocycles. The van der Waals surface area contributed by atoms with Crippen molar-refractivity contribution in [2.24, 2.45) is 0 Å². The Labute approximate surface area is 92.3 Å². The van der Waals surface area contributed by atoms with Gasteiger partial charge in [-0.3, -0.25) is 0 Å². The third-order valence-electron chi connectivity index (χ3n) is 2.58. The summed E-state index contributed by atoms with van der Waals surface area (Å²) in [6.07, 6.45) is 5.05. The summed E-state index contributed by atoms with van der Waals surface area (Å²) >= 11 is 0. The maximum absolute atomic E-state index is 11.1. The van der Waals surface area contributed by atoms with E-state index in [1.165, 1.54) is 0 Å². The van der Waals surface area contributed by atoms with E-state index in [-0.39, 0.29) is 12.2 Å². The minimum Gasteiger partial charge on any atom is -0.242 e. The summed E-state index contributed by atoms with van der Waals surface area (Å²) in [4.78, 5) is 0. The van der Waals surface area contributed by atoms with Crippen molar-refractivity contribution < 1.29 is 16.8 Å². The summed E-state index contributed by atoms with van der Waals surface area (Å²) in [5.74, 6) is 0. The Morgan fingerprint density at radius 3 is 1.67 bits per heavy atom. The molecule has 0 aromatic carbocycles. The van der Waals surface area contributed by atoms with E-state index in [1.807, 2.05) is 0 Å². The summed E-state index contributed by atoms with van der Waals surface area (Å²) in [6, 6.07) is 0. The Balaban J connectivity index is 2.49. The molecule has 1 fully saturated rings. The van der Waals surface area contributed by atoms with Gasteiger partial charge in [-0.1, -0.05) is 39.5 Å². The number of hydrogen-bond donors (Lipinski definition) is 0. The zero-order chi connectivity index (χ0) is 11.3. The van der Waals surface area contributed by atoms with Crippen LogP contribution in [0.3, 0.4) is 0 Å². The second-order valence-corrected chi connectivity index (χ2v) is 5.16. The van der Waals surface area contributed by atoms with Gasteiger partial charge in [0.1, 0.15) is 12.2 Å². The van der Waals surface area contributed by atoms with E-state index in [1.54, 1.807) is 0 Å². The zero-order valence-electron chi connectivity index (χ0n) is 9.44. The standard InChI is InChI=1S/C10H20O4S/c1-3-5-7-9-10(8-6-4-2)14-15(11,12)13-9/h9-10H,3-8H2,1-2H3. The lowest BCUT2D eigenvalue weighted by Gasteiger charge is -2.13. The average molecular weight is 236 g/mol. The quantitative estimate of drug-likeness (QED) is 0.710. The third kappa shape index (κ3) is 4.09.